The van der Waals surface area contributed by atoms with Crippen LogP contribution in [0.5, 0.6) is 17.2 Å². The number of carbonyl (C=O) groups excluding carboxylic acids is 2. The summed E-state index contributed by atoms with van der Waals surface area (Å²) >= 11 is 8.44. The first kappa shape index (κ1) is 26.0. The van der Waals surface area contributed by atoms with Gasteiger partial charge in [0.15, 0.2) is 11.7 Å². The highest BCUT2D eigenvalue weighted by Crippen LogP contribution is 2.25. The molecule has 0 fully saturated rings. The molecule has 3 aromatic carbocycles. The number of halogens is 1. The zero-order chi connectivity index (χ0) is 25.0. The van der Waals surface area contributed by atoms with E-state index < -0.39 is 11.8 Å². The van der Waals surface area contributed by atoms with Crippen molar-refractivity contribution in [1.29, 1.82) is 0 Å². The van der Waals surface area contributed by atoms with Gasteiger partial charge in [0.2, 0.25) is 0 Å². The van der Waals surface area contributed by atoms with E-state index in [1.165, 1.54) is 0 Å². The third-order valence-corrected chi connectivity index (χ3v) is 5.29. The molecule has 182 valence electrons. The quantitative estimate of drug-likeness (QED) is 0.208. The van der Waals surface area contributed by atoms with Crippen LogP contribution in [0.2, 0.25) is 0 Å². The largest absolute Gasteiger partial charge is 0.490 e. The van der Waals surface area contributed by atoms with Crippen LogP contribution in [-0.4, -0.2) is 36.7 Å². The fourth-order valence-electron chi connectivity index (χ4n) is 2.77. The lowest BCUT2D eigenvalue weighted by atomic mass is 10.2. The summed E-state index contributed by atoms with van der Waals surface area (Å²) in [5.41, 5.74) is 6.28. The van der Waals surface area contributed by atoms with Gasteiger partial charge in [-0.2, -0.15) is 0 Å². The van der Waals surface area contributed by atoms with Crippen LogP contribution in [0.15, 0.2) is 77.3 Å². The Kier molecular flexibility index (Phi) is 9.88. The summed E-state index contributed by atoms with van der Waals surface area (Å²) in [6.07, 6.45) is 0. The molecule has 8 nitrogen and oxygen atoms in total. The van der Waals surface area contributed by atoms with Gasteiger partial charge in [0, 0.05) is 5.56 Å². The van der Waals surface area contributed by atoms with E-state index >= 15 is 0 Å². The highest BCUT2D eigenvalue weighted by atomic mass is 79.9. The lowest BCUT2D eigenvalue weighted by Crippen LogP contribution is -2.49. The van der Waals surface area contributed by atoms with Crippen LogP contribution in [0.4, 0.5) is 0 Å². The van der Waals surface area contributed by atoms with E-state index in [2.05, 4.69) is 32.1 Å². The molecule has 0 aliphatic rings. The van der Waals surface area contributed by atoms with Crippen molar-refractivity contribution in [1.82, 2.24) is 16.2 Å². The van der Waals surface area contributed by atoms with Gasteiger partial charge in [0.25, 0.3) is 11.8 Å². The maximum absolute atomic E-state index is 12.4. The number of thiocarbonyl (C=S) groups is 1. The first-order valence-corrected chi connectivity index (χ1v) is 11.8. The monoisotopic (exact) mass is 557 g/mol. The standard InChI is InChI=1S/C25H24BrN3O5S/c1-17-7-12-22(21(26)15-17)34-16-23(30)28-29-25(35)27-24(31)18-8-10-20(11-9-18)33-14-13-32-19-5-3-2-4-6-19/h2-12,15H,13-14,16H2,1H3,(H,28,30)(H2,27,29,31,35). The Morgan fingerprint density at radius 2 is 1.51 bits per heavy atom. The van der Waals surface area contributed by atoms with Crippen LogP contribution in [0.25, 0.3) is 0 Å². The average Bonchev–Trinajstić information content (AvgIpc) is 2.86. The van der Waals surface area contributed by atoms with Crippen molar-refractivity contribution in [2.24, 2.45) is 0 Å². The number of benzene rings is 3. The Morgan fingerprint density at radius 1 is 0.857 bits per heavy atom. The molecule has 3 rings (SSSR count). The van der Waals surface area contributed by atoms with Crippen molar-refractivity contribution in [2.75, 3.05) is 19.8 Å². The highest BCUT2D eigenvalue weighted by Gasteiger charge is 2.10. The average molecular weight is 558 g/mol. The van der Waals surface area contributed by atoms with Crippen LogP contribution in [0.1, 0.15) is 15.9 Å². The minimum absolute atomic E-state index is 0.0572. The number of nitrogens with one attached hydrogen (secondary N) is 3. The minimum Gasteiger partial charge on any atom is -0.490 e. The molecule has 0 heterocycles. The van der Waals surface area contributed by atoms with Crippen LogP contribution < -0.4 is 30.4 Å². The van der Waals surface area contributed by atoms with Crippen molar-refractivity contribution in [2.45, 2.75) is 6.92 Å². The second-order valence-electron chi connectivity index (χ2n) is 7.21. The van der Waals surface area contributed by atoms with Crippen LogP contribution in [0.3, 0.4) is 0 Å². The molecule has 0 atom stereocenters. The molecule has 35 heavy (non-hydrogen) atoms. The smallest absolute Gasteiger partial charge is 0.276 e. The normalized spacial score (nSPS) is 10.1. The third kappa shape index (κ3) is 8.91. The molecule has 0 aromatic heterocycles. The van der Waals surface area contributed by atoms with Crippen molar-refractivity contribution in [3.8, 4) is 17.2 Å². The van der Waals surface area contributed by atoms with E-state index in [1.54, 1.807) is 30.3 Å². The number of rotatable bonds is 9. The maximum Gasteiger partial charge on any atom is 0.276 e. The molecule has 10 heteroatoms. The summed E-state index contributed by atoms with van der Waals surface area (Å²) in [5, 5.41) is 2.43. The number of carbonyl (C=O) groups is 2. The summed E-state index contributed by atoms with van der Waals surface area (Å²) in [4.78, 5) is 24.3. The molecule has 0 aliphatic carbocycles. The highest BCUT2D eigenvalue weighted by molar-refractivity contribution is 9.10. The van der Waals surface area contributed by atoms with Crippen LogP contribution in [0, 0.1) is 6.92 Å². The number of para-hydroxylation sites is 1. The molecule has 0 spiro atoms. The summed E-state index contributed by atoms with van der Waals surface area (Å²) in [6.45, 7) is 2.47. The number of hydrogen-bond acceptors (Lipinski definition) is 6. The fraction of sp³-hybridized carbons (Fsp3) is 0.160. The Hall–Kier alpha value is -3.63. The summed E-state index contributed by atoms with van der Waals surface area (Å²) in [5.74, 6) is 1.02. The molecular formula is C25H24BrN3O5S. The molecule has 0 aliphatic heterocycles. The summed E-state index contributed by atoms with van der Waals surface area (Å²) in [6, 6.07) is 21.6. The summed E-state index contributed by atoms with van der Waals surface area (Å²) in [7, 11) is 0. The summed E-state index contributed by atoms with van der Waals surface area (Å²) < 4.78 is 17.4. The van der Waals surface area contributed by atoms with Crippen LogP contribution >= 0.6 is 28.1 Å². The lowest BCUT2D eigenvalue weighted by molar-refractivity contribution is -0.123. The lowest BCUT2D eigenvalue weighted by Gasteiger charge is -2.12. The number of hydrogen-bond donors (Lipinski definition) is 3. The van der Waals surface area contributed by atoms with Gasteiger partial charge >= 0.3 is 0 Å². The van der Waals surface area contributed by atoms with Gasteiger partial charge in [-0.3, -0.25) is 25.8 Å². The molecule has 0 radical (unpaired) electrons. The first-order chi connectivity index (χ1) is 16.9. The molecule has 3 N–H and O–H groups in total. The fourth-order valence-corrected chi connectivity index (χ4v) is 3.53. The number of aryl methyl sites for hydroxylation is 1. The molecular weight excluding hydrogens is 534 g/mol. The van der Waals surface area contributed by atoms with Gasteiger partial charge in [-0.15, -0.1) is 0 Å². The first-order valence-electron chi connectivity index (χ1n) is 10.6. The van der Waals surface area contributed by atoms with E-state index in [0.717, 1.165) is 15.8 Å². The SMILES string of the molecule is Cc1ccc(OCC(=O)NNC(=S)NC(=O)c2ccc(OCCOc3ccccc3)cc2)c(Br)c1. The van der Waals surface area contributed by atoms with E-state index in [4.69, 9.17) is 26.4 Å². The predicted molar refractivity (Wildman–Crippen MR) is 140 cm³/mol. The Balaban J connectivity index is 1.34. The van der Waals surface area contributed by atoms with Gasteiger partial charge in [0.1, 0.15) is 30.5 Å². The molecule has 2 amide bonds. The van der Waals surface area contributed by atoms with Gasteiger partial charge in [-0.1, -0.05) is 24.3 Å². The van der Waals surface area contributed by atoms with Crippen molar-refractivity contribution >= 4 is 45.1 Å². The molecule has 3 aromatic rings. The Labute approximate surface area is 217 Å². The van der Waals surface area contributed by atoms with Gasteiger partial charge in [-0.05, 0) is 89.2 Å². The van der Waals surface area contributed by atoms with Crippen molar-refractivity contribution in [3.63, 3.8) is 0 Å². The van der Waals surface area contributed by atoms with E-state index in [1.807, 2.05) is 49.4 Å². The van der Waals surface area contributed by atoms with Gasteiger partial charge in [-0.25, -0.2) is 0 Å². The van der Waals surface area contributed by atoms with Gasteiger partial charge < -0.3 is 14.2 Å². The molecule has 0 unspecified atom stereocenters. The third-order valence-electron chi connectivity index (χ3n) is 4.47. The van der Waals surface area contributed by atoms with Crippen molar-refractivity contribution < 1.29 is 23.8 Å². The molecule has 0 saturated heterocycles. The maximum atomic E-state index is 12.4. The van der Waals surface area contributed by atoms with Crippen LogP contribution in [-0.2, 0) is 4.79 Å². The second kappa shape index (κ2) is 13.3. The van der Waals surface area contributed by atoms with E-state index in [-0.39, 0.29) is 11.7 Å². The minimum atomic E-state index is -0.466. The van der Waals surface area contributed by atoms with Crippen molar-refractivity contribution in [3.05, 3.63) is 88.4 Å². The predicted octanol–water partition coefficient (Wildman–Crippen LogP) is 3.93. The zero-order valence-electron chi connectivity index (χ0n) is 18.9. The van der Waals surface area contributed by atoms with E-state index in [9.17, 15) is 9.59 Å². The number of hydrazine groups is 1. The Bertz CT molecular complexity index is 1160. The number of amides is 2. The molecule has 0 saturated carbocycles. The van der Waals surface area contributed by atoms with Gasteiger partial charge in [0.05, 0.1) is 4.47 Å². The van der Waals surface area contributed by atoms with E-state index in [0.29, 0.717) is 30.3 Å². The zero-order valence-corrected chi connectivity index (χ0v) is 21.3. The number of ether oxygens (including phenoxy) is 3. The Morgan fingerprint density at radius 3 is 2.17 bits per heavy atom. The second-order valence-corrected chi connectivity index (χ2v) is 8.48. The topological polar surface area (TPSA) is 97.9 Å². The molecule has 0 bridgehead atoms.